The lowest BCUT2D eigenvalue weighted by atomic mass is 10.1. The molecule has 1 N–H and O–H groups in total. The number of hydrogen-bond donors (Lipinski definition) is 1. The second-order valence-electron chi connectivity index (χ2n) is 6.11. The third-order valence-corrected chi connectivity index (χ3v) is 5.25. The molecule has 0 aliphatic heterocycles. The lowest BCUT2D eigenvalue weighted by molar-refractivity contribution is -0.115. The molecule has 2 aromatic rings. The molecule has 0 aliphatic rings. The molecule has 0 aromatic heterocycles. The number of Topliss-reactive ketones (excluding diaryl/α,β-unsaturated/α-hetero) is 1. The van der Waals surface area contributed by atoms with E-state index < -0.39 is 0 Å². The van der Waals surface area contributed by atoms with Gasteiger partial charge in [-0.2, -0.15) is 0 Å². The highest BCUT2D eigenvalue weighted by Crippen LogP contribution is 2.31. The fourth-order valence-electron chi connectivity index (χ4n) is 2.64. The Morgan fingerprint density at radius 3 is 2.25 bits per heavy atom. The molecule has 0 saturated heterocycles. The van der Waals surface area contributed by atoms with Gasteiger partial charge in [0.05, 0.1) is 5.25 Å². The molecular weight excluding hydrogens is 318 g/mol. The van der Waals surface area contributed by atoms with Crippen LogP contribution in [-0.2, 0) is 4.79 Å². The first-order valence-corrected chi connectivity index (χ1v) is 8.82. The minimum Gasteiger partial charge on any atom is -0.325 e. The van der Waals surface area contributed by atoms with Crippen molar-refractivity contribution in [1.29, 1.82) is 0 Å². The van der Waals surface area contributed by atoms with Crippen molar-refractivity contribution in [3.8, 4) is 0 Å². The number of rotatable bonds is 5. The van der Waals surface area contributed by atoms with E-state index in [-0.39, 0.29) is 16.9 Å². The zero-order chi connectivity index (χ0) is 17.9. The molecule has 4 heteroatoms. The molecule has 0 saturated carbocycles. The zero-order valence-corrected chi connectivity index (χ0v) is 15.6. The van der Waals surface area contributed by atoms with E-state index in [1.807, 2.05) is 6.92 Å². The predicted molar refractivity (Wildman–Crippen MR) is 101 cm³/mol. The molecule has 0 heterocycles. The molecular formula is C20H23NO2S. The molecule has 0 aliphatic carbocycles. The molecule has 126 valence electrons. The average molecular weight is 341 g/mol. The van der Waals surface area contributed by atoms with Crippen molar-refractivity contribution in [2.45, 2.75) is 44.8 Å². The summed E-state index contributed by atoms with van der Waals surface area (Å²) in [5, 5.41) is 2.67. The number of thioether (sulfide) groups is 1. The quantitative estimate of drug-likeness (QED) is 0.619. The van der Waals surface area contributed by atoms with E-state index in [1.54, 1.807) is 36.0 Å². The Hall–Kier alpha value is -2.07. The fourth-order valence-corrected chi connectivity index (χ4v) is 3.65. The second-order valence-corrected chi connectivity index (χ2v) is 7.47. The van der Waals surface area contributed by atoms with Crippen molar-refractivity contribution < 1.29 is 9.59 Å². The number of nitrogens with one attached hydrogen (secondary N) is 1. The SMILES string of the molecule is CC(=O)c1cccc(NC(=O)C(C)Sc2c(C)cc(C)cc2C)c1. The van der Waals surface area contributed by atoms with Gasteiger partial charge in [-0.05, 0) is 57.9 Å². The van der Waals surface area contributed by atoms with Gasteiger partial charge in [0, 0.05) is 16.1 Å². The van der Waals surface area contributed by atoms with Crippen LogP contribution in [0.2, 0.25) is 0 Å². The van der Waals surface area contributed by atoms with Gasteiger partial charge in [0.25, 0.3) is 0 Å². The number of carbonyl (C=O) groups is 2. The van der Waals surface area contributed by atoms with Crippen molar-refractivity contribution in [3.05, 3.63) is 58.7 Å². The van der Waals surface area contributed by atoms with Gasteiger partial charge in [-0.25, -0.2) is 0 Å². The average Bonchev–Trinajstić information content (AvgIpc) is 2.50. The monoisotopic (exact) mass is 341 g/mol. The van der Waals surface area contributed by atoms with Gasteiger partial charge in [-0.1, -0.05) is 29.8 Å². The van der Waals surface area contributed by atoms with Crippen molar-refractivity contribution in [3.63, 3.8) is 0 Å². The summed E-state index contributed by atoms with van der Waals surface area (Å²) < 4.78 is 0. The molecule has 2 rings (SSSR count). The summed E-state index contributed by atoms with van der Waals surface area (Å²) in [6.45, 7) is 9.63. The Balaban J connectivity index is 2.10. The second kappa shape index (κ2) is 7.67. The molecule has 0 bridgehead atoms. The van der Waals surface area contributed by atoms with Crippen LogP contribution in [0, 0.1) is 20.8 Å². The van der Waals surface area contributed by atoms with Crippen molar-refractivity contribution >= 4 is 29.1 Å². The maximum Gasteiger partial charge on any atom is 0.237 e. The summed E-state index contributed by atoms with van der Waals surface area (Å²) in [7, 11) is 0. The van der Waals surface area contributed by atoms with Gasteiger partial charge in [-0.3, -0.25) is 9.59 Å². The van der Waals surface area contributed by atoms with Crippen LogP contribution >= 0.6 is 11.8 Å². The van der Waals surface area contributed by atoms with E-state index in [0.29, 0.717) is 11.3 Å². The predicted octanol–water partition coefficient (Wildman–Crippen LogP) is 4.93. The topological polar surface area (TPSA) is 46.2 Å². The lowest BCUT2D eigenvalue weighted by Gasteiger charge is -2.16. The molecule has 24 heavy (non-hydrogen) atoms. The summed E-state index contributed by atoms with van der Waals surface area (Å²) >= 11 is 1.56. The molecule has 2 aromatic carbocycles. The number of hydrogen-bond acceptors (Lipinski definition) is 3. The van der Waals surface area contributed by atoms with Crippen LogP contribution in [0.1, 0.15) is 40.9 Å². The van der Waals surface area contributed by atoms with Gasteiger partial charge >= 0.3 is 0 Å². The maximum absolute atomic E-state index is 12.5. The van der Waals surface area contributed by atoms with Crippen LogP contribution in [0.25, 0.3) is 0 Å². The third-order valence-electron chi connectivity index (χ3n) is 3.81. The smallest absolute Gasteiger partial charge is 0.237 e. The van der Waals surface area contributed by atoms with Crippen LogP contribution in [-0.4, -0.2) is 16.9 Å². The summed E-state index contributed by atoms with van der Waals surface area (Å²) in [5.74, 6) is -0.0838. The van der Waals surface area contributed by atoms with Gasteiger partial charge in [0.2, 0.25) is 5.91 Å². The highest BCUT2D eigenvalue weighted by Gasteiger charge is 2.17. The van der Waals surface area contributed by atoms with E-state index in [9.17, 15) is 9.59 Å². The first kappa shape index (κ1) is 18.3. The molecule has 1 atom stereocenters. The molecule has 0 fully saturated rings. The normalized spacial score (nSPS) is 11.9. The Morgan fingerprint density at radius 1 is 1.04 bits per heavy atom. The highest BCUT2D eigenvalue weighted by molar-refractivity contribution is 8.00. The molecule has 1 unspecified atom stereocenters. The fraction of sp³-hybridized carbons (Fsp3) is 0.300. The first-order valence-electron chi connectivity index (χ1n) is 7.94. The van der Waals surface area contributed by atoms with Crippen LogP contribution in [0.4, 0.5) is 5.69 Å². The van der Waals surface area contributed by atoms with Crippen LogP contribution < -0.4 is 5.32 Å². The summed E-state index contributed by atoms with van der Waals surface area (Å²) in [4.78, 5) is 25.1. The molecule has 3 nitrogen and oxygen atoms in total. The number of aryl methyl sites for hydroxylation is 3. The van der Waals surface area contributed by atoms with E-state index in [0.717, 1.165) is 4.90 Å². The van der Waals surface area contributed by atoms with Gasteiger partial charge in [0.1, 0.15) is 0 Å². The first-order chi connectivity index (χ1) is 11.3. The number of benzene rings is 2. The van der Waals surface area contributed by atoms with Gasteiger partial charge in [-0.15, -0.1) is 11.8 Å². The van der Waals surface area contributed by atoms with Gasteiger partial charge < -0.3 is 5.32 Å². The minimum absolute atomic E-state index is 0.0144. The standard InChI is InChI=1S/C20H23NO2S/c1-12-9-13(2)19(14(3)10-12)24-16(5)20(23)21-18-8-6-7-17(11-18)15(4)22/h6-11,16H,1-5H3,(H,21,23). The number of ketones is 1. The van der Waals surface area contributed by atoms with Crippen molar-refractivity contribution in [2.75, 3.05) is 5.32 Å². The van der Waals surface area contributed by atoms with Crippen molar-refractivity contribution in [2.24, 2.45) is 0 Å². The molecule has 0 radical (unpaired) electrons. The van der Waals surface area contributed by atoms with Gasteiger partial charge in [0.15, 0.2) is 5.78 Å². The van der Waals surface area contributed by atoms with Crippen molar-refractivity contribution in [1.82, 2.24) is 0 Å². The van der Waals surface area contributed by atoms with E-state index in [4.69, 9.17) is 0 Å². The highest BCUT2D eigenvalue weighted by atomic mass is 32.2. The zero-order valence-electron chi connectivity index (χ0n) is 14.8. The van der Waals surface area contributed by atoms with E-state index in [2.05, 4.69) is 38.2 Å². The minimum atomic E-state index is -0.230. The number of amides is 1. The van der Waals surface area contributed by atoms with Crippen LogP contribution in [0.5, 0.6) is 0 Å². The largest absolute Gasteiger partial charge is 0.325 e. The summed E-state index contributed by atoms with van der Waals surface area (Å²) in [6.07, 6.45) is 0. The Labute approximate surface area is 147 Å². The third kappa shape index (κ3) is 4.48. The Kier molecular flexibility index (Phi) is 5.84. The van der Waals surface area contributed by atoms with E-state index in [1.165, 1.54) is 23.6 Å². The number of carbonyl (C=O) groups excluding carboxylic acids is 2. The summed E-state index contributed by atoms with van der Waals surface area (Å²) in [5.41, 5.74) is 4.86. The Bertz CT molecular complexity index is 760. The summed E-state index contributed by atoms with van der Waals surface area (Å²) in [6, 6.07) is 11.3. The molecule has 0 spiro atoms. The van der Waals surface area contributed by atoms with E-state index >= 15 is 0 Å². The maximum atomic E-state index is 12.5. The Morgan fingerprint density at radius 2 is 1.67 bits per heavy atom. The lowest BCUT2D eigenvalue weighted by Crippen LogP contribution is -2.22. The molecule has 1 amide bonds. The number of anilines is 1. The van der Waals surface area contributed by atoms with Crippen LogP contribution in [0.3, 0.4) is 0 Å². The van der Waals surface area contributed by atoms with Crippen LogP contribution in [0.15, 0.2) is 41.3 Å².